The van der Waals surface area contributed by atoms with Crippen molar-refractivity contribution in [2.45, 2.75) is 19.9 Å². The number of hydrogen-bond acceptors (Lipinski definition) is 4. The van der Waals surface area contributed by atoms with Gasteiger partial charge in [-0.1, -0.05) is 6.92 Å². The van der Waals surface area contributed by atoms with Gasteiger partial charge in [-0.2, -0.15) is 0 Å². The van der Waals surface area contributed by atoms with Gasteiger partial charge in [0.1, 0.15) is 5.75 Å². The first-order valence-electron chi connectivity index (χ1n) is 6.46. The molecule has 112 valence electrons. The van der Waals surface area contributed by atoms with Crippen molar-refractivity contribution >= 4 is 17.3 Å². The van der Waals surface area contributed by atoms with E-state index in [0.717, 1.165) is 24.3 Å². The number of thiocarbonyl (C=S) groups is 1. The molecule has 0 heterocycles. The lowest BCUT2D eigenvalue weighted by molar-refractivity contribution is 0.347. The summed E-state index contributed by atoms with van der Waals surface area (Å²) in [5.41, 5.74) is 0.950. The van der Waals surface area contributed by atoms with E-state index >= 15 is 0 Å². The van der Waals surface area contributed by atoms with Crippen LogP contribution in [0.4, 0.5) is 0 Å². The van der Waals surface area contributed by atoms with Crippen LogP contribution in [0.5, 0.6) is 17.2 Å². The predicted octanol–water partition coefficient (Wildman–Crippen LogP) is 2.09. The van der Waals surface area contributed by atoms with Crippen LogP contribution in [0.2, 0.25) is 0 Å². The van der Waals surface area contributed by atoms with Crippen LogP contribution in [0.3, 0.4) is 0 Å². The smallest absolute Gasteiger partial charge is 0.166 e. The Kier molecular flexibility index (Phi) is 6.93. The van der Waals surface area contributed by atoms with E-state index in [9.17, 15) is 0 Å². The molecule has 0 aromatic heterocycles. The van der Waals surface area contributed by atoms with Gasteiger partial charge in [-0.05, 0) is 24.7 Å². The van der Waals surface area contributed by atoms with Crippen LogP contribution in [0.15, 0.2) is 12.1 Å². The molecule has 0 aliphatic rings. The summed E-state index contributed by atoms with van der Waals surface area (Å²) in [6, 6.07) is 3.69. The Labute approximate surface area is 125 Å². The number of nitrogens with one attached hydrogen (secondary N) is 2. The molecule has 6 heteroatoms. The first kappa shape index (κ1) is 16.4. The summed E-state index contributed by atoms with van der Waals surface area (Å²) in [6.07, 6.45) is 1.03. The van der Waals surface area contributed by atoms with Crippen LogP contribution in [-0.2, 0) is 6.54 Å². The zero-order chi connectivity index (χ0) is 15.0. The summed E-state index contributed by atoms with van der Waals surface area (Å²) >= 11 is 5.19. The van der Waals surface area contributed by atoms with Crippen molar-refractivity contribution in [1.29, 1.82) is 0 Å². The SMILES string of the molecule is CCCNC(=S)NCc1cc(OC)c(OC)cc1OC. The molecule has 0 radical (unpaired) electrons. The van der Waals surface area contributed by atoms with Crippen molar-refractivity contribution in [3.63, 3.8) is 0 Å². The maximum atomic E-state index is 5.36. The monoisotopic (exact) mass is 298 g/mol. The van der Waals surface area contributed by atoms with Gasteiger partial charge in [-0.25, -0.2) is 0 Å². The van der Waals surface area contributed by atoms with Crippen LogP contribution in [0.1, 0.15) is 18.9 Å². The lowest BCUT2D eigenvalue weighted by atomic mass is 10.1. The molecular weight excluding hydrogens is 276 g/mol. The zero-order valence-electron chi connectivity index (χ0n) is 12.4. The topological polar surface area (TPSA) is 51.8 Å². The van der Waals surface area contributed by atoms with Gasteiger partial charge < -0.3 is 24.8 Å². The van der Waals surface area contributed by atoms with Gasteiger partial charge in [-0.15, -0.1) is 0 Å². The Morgan fingerprint density at radius 2 is 1.60 bits per heavy atom. The number of ether oxygens (including phenoxy) is 3. The number of rotatable bonds is 7. The highest BCUT2D eigenvalue weighted by Crippen LogP contribution is 2.34. The van der Waals surface area contributed by atoms with Crippen LogP contribution < -0.4 is 24.8 Å². The lowest BCUT2D eigenvalue weighted by Crippen LogP contribution is -2.35. The Hall–Kier alpha value is -1.69. The average molecular weight is 298 g/mol. The molecule has 1 rings (SSSR count). The molecule has 0 unspecified atom stereocenters. The number of benzene rings is 1. The lowest BCUT2D eigenvalue weighted by Gasteiger charge is -2.15. The highest BCUT2D eigenvalue weighted by molar-refractivity contribution is 7.80. The Morgan fingerprint density at radius 1 is 1.00 bits per heavy atom. The van der Waals surface area contributed by atoms with Crippen molar-refractivity contribution in [3.8, 4) is 17.2 Å². The van der Waals surface area contributed by atoms with Crippen molar-refractivity contribution < 1.29 is 14.2 Å². The standard InChI is InChI=1S/C14H22N2O3S/c1-5-6-15-14(20)16-9-10-7-12(18-3)13(19-4)8-11(10)17-2/h7-8H,5-6,9H2,1-4H3,(H2,15,16,20). The van der Waals surface area contributed by atoms with Crippen molar-refractivity contribution in [2.75, 3.05) is 27.9 Å². The quantitative estimate of drug-likeness (QED) is 0.752. The Bertz CT molecular complexity index is 452. The van der Waals surface area contributed by atoms with Crippen molar-refractivity contribution in [3.05, 3.63) is 17.7 Å². The van der Waals surface area contributed by atoms with Gasteiger partial charge in [0.25, 0.3) is 0 Å². The van der Waals surface area contributed by atoms with E-state index < -0.39 is 0 Å². The summed E-state index contributed by atoms with van der Waals surface area (Å²) < 4.78 is 15.9. The van der Waals surface area contributed by atoms with Crippen LogP contribution in [0, 0.1) is 0 Å². The van der Waals surface area contributed by atoms with E-state index in [4.69, 9.17) is 26.4 Å². The second-order valence-corrected chi connectivity index (χ2v) is 4.54. The van der Waals surface area contributed by atoms with E-state index in [2.05, 4.69) is 17.6 Å². The van der Waals surface area contributed by atoms with Crippen LogP contribution >= 0.6 is 12.2 Å². The third kappa shape index (κ3) is 4.45. The van der Waals surface area contributed by atoms with E-state index in [1.165, 1.54) is 0 Å². The highest BCUT2D eigenvalue weighted by atomic mass is 32.1. The predicted molar refractivity (Wildman–Crippen MR) is 83.8 cm³/mol. The highest BCUT2D eigenvalue weighted by Gasteiger charge is 2.11. The molecule has 0 saturated heterocycles. The summed E-state index contributed by atoms with van der Waals surface area (Å²) in [5.74, 6) is 2.03. The summed E-state index contributed by atoms with van der Waals surface area (Å²) in [5, 5.41) is 6.88. The molecule has 0 spiro atoms. The Morgan fingerprint density at radius 3 is 2.15 bits per heavy atom. The minimum Gasteiger partial charge on any atom is -0.496 e. The number of methoxy groups -OCH3 is 3. The molecule has 0 amide bonds. The van der Waals surface area contributed by atoms with Crippen LogP contribution in [0.25, 0.3) is 0 Å². The fraction of sp³-hybridized carbons (Fsp3) is 0.500. The molecule has 0 fully saturated rings. The third-order valence-corrected chi connectivity index (χ3v) is 3.05. The molecule has 5 nitrogen and oxygen atoms in total. The first-order valence-corrected chi connectivity index (χ1v) is 6.87. The molecule has 1 aromatic carbocycles. The van der Waals surface area contributed by atoms with Crippen molar-refractivity contribution in [1.82, 2.24) is 10.6 Å². The summed E-state index contributed by atoms with van der Waals surface area (Å²) in [4.78, 5) is 0. The maximum absolute atomic E-state index is 5.36. The van der Waals surface area contributed by atoms with E-state index in [1.54, 1.807) is 27.4 Å². The summed E-state index contributed by atoms with van der Waals surface area (Å²) in [7, 11) is 4.83. The molecule has 1 aromatic rings. The largest absolute Gasteiger partial charge is 0.496 e. The normalized spacial score (nSPS) is 9.80. The third-order valence-electron chi connectivity index (χ3n) is 2.76. The van der Waals surface area contributed by atoms with Crippen LogP contribution in [-0.4, -0.2) is 33.0 Å². The van der Waals surface area contributed by atoms with Gasteiger partial charge in [0.05, 0.1) is 21.3 Å². The number of hydrogen-bond donors (Lipinski definition) is 2. The van der Waals surface area contributed by atoms with Gasteiger partial charge in [-0.3, -0.25) is 0 Å². The molecule has 0 atom stereocenters. The van der Waals surface area contributed by atoms with E-state index in [-0.39, 0.29) is 0 Å². The second-order valence-electron chi connectivity index (χ2n) is 4.13. The van der Waals surface area contributed by atoms with Gasteiger partial charge in [0, 0.05) is 24.7 Å². The fourth-order valence-electron chi connectivity index (χ4n) is 1.71. The molecule has 2 N–H and O–H groups in total. The van der Waals surface area contributed by atoms with E-state index in [1.807, 2.05) is 6.07 Å². The zero-order valence-corrected chi connectivity index (χ0v) is 13.2. The second kappa shape index (κ2) is 8.47. The fourth-order valence-corrected chi connectivity index (χ4v) is 1.88. The molecule has 0 aliphatic heterocycles. The van der Waals surface area contributed by atoms with Gasteiger partial charge in [0.2, 0.25) is 0 Å². The first-order chi connectivity index (χ1) is 9.65. The van der Waals surface area contributed by atoms with Gasteiger partial charge >= 0.3 is 0 Å². The van der Waals surface area contributed by atoms with Gasteiger partial charge in [0.15, 0.2) is 16.6 Å². The molecule has 0 saturated carbocycles. The van der Waals surface area contributed by atoms with Crippen molar-refractivity contribution in [2.24, 2.45) is 0 Å². The minimum absolute atomic E-state index is 0.555. The maximum Gasteiger partial charge on any atom is 0.166 e. The molecular formula is C14H22N2O3S. The molecule has 0 aliphatic carbocycles. The average Bonchev–Trinajstić information content (AvgIpc) is 2.49. The summed E-state index contributed by atoms with van der Waals surface area (Å²) in [6.45, 7) is 3.50. The Balaban J connectivity index is 2.80. The molecule has 20 heavy (non-hydrogen) atoms. The molecule has 0 bridgehead atoms. The minimum atomic E-state index is 0.555. The van der Waals surface area contributed by atoms with E-state index in [0.29, 0.717) is 23.2 Å².